The van der Waals surface area contributed by atoms with E-state index in [-0.39, 0.29) is 42.7 Å². The Hall–Kier alpha value is -3.85. The topological polar surface area (TPSA) is 82.1 Å². The van der Waals surface area contributed by atoms with Gasteiger partial charge in [0, 0.05) is 23.8 Å². The molecule has 6 nitrogen and oxygen atoms in total. The molecule has 0 radical (unpaired) electrons. The molecule has 0 aromatic heterocycles. The van der Waals surface area contributed by atoms with Crippen molar-refractivity contribution in [1.82, 2.24) is 0 Å². The van der Waals surface area contributed by atoms with E-state index in [0.717, 1.165) is 23.3 Å². The van der Waals surface area contributed by atoms with Crippen LogP contribution in [-0.2, 0) is 25.2 Å². The van der Waals surface area contributed by atoms with Crippen LogP contribution in [0.4, 0.5) is 13.2 Å². The van der Waals surface area contributed by atoms with Crippen molar-refractivity contribution in [3.05, 3.63) is 95.6 Å². The highest BCUT2D eigenvalue weighted by Crippen LogP contribution is 2.44. The summed E-state index contributed by atoms with van der Waals surface area (Å²) in [7, 11) is 0. The first-order valence-electron chi connectivity index (χ1n) is 13.2. The number of alkyl halides is 3. The smallest absolute Gasteiger partial charge is 0.416 e. The van der Waals surface area contributed by atoms with Gasteiger partial charge < -0.3 is 19.3 Å². The first-order valence-corrected chi connectivity index (χ1v) is 13.2. The summed E-state index contributed by atoms with van der Waals surface area (Å²) in [5.41, 5.74) is 1.97. The first kappa shape index (κ1) is 27.7. The number of carbonyl (C=O) groups is 2. The molecule has 5 rings (SSSR count). The third-order valence-electron chi connectivity index (χ3n) is 7.50. The number of ether oxygens (including phenoxy) is 3. The fraction of sp³-hybridized carbons (Fsp3) is 0.355. The Morgan fingerprint density at radius 1 is 1.10 bits per heavy atom. The van der Waals surface area contributed by atoms with Gasteiger partial charge in [-0.2, -0.15) is 13.2 Å². The van der Waals surface area contributed by atoms with Crippen LogP contribution in [0.15, 0.2) is 84.5 Å². The summed E-state index contributed by atoms with van der Waals surface area (Å²) in [5, 5.41) is 10.4. The minimum atomic E-state index is -4.50. The quantitative estimate of drug-likeness (QED) is 0.335. The van der Waals surface area contributed by atoms with Gasteiger partial charge in [0.2, 0.25) is 0 Å². The molecular weight excluding hydrogens is 525 g/mol. The van der Waals surface area contributed by atoms with Crippen molar-refractivity contribution in [3.63, 3.8) is 0 Å². The number of allylic oxidation sites excluding steroid dienone is 3. The van der Waals surface area contributed by atoms with Gasteiger partial charge in [0.15, 0.2) is 0 Å². The predicted molar refractivity (Wildman–Crippen MR) is 140 cm³/mol. The standard InChI is InChI=1S/C31H29F3O6/c32-31(33,34)22-7-4-8-24(15-22)38-18-23(35)13-14-25-26-16-29(36)39-28(26)17-27(25)40-30(37)21-11-9-20(10-12-21)19-5-2-1-3-6-19/h1-9,11,13-15,23,25-28,35H,10,12,16-18H2/b14-13+/t23-,25-,26-,27-,28+/m1/s1. The van der Waals surface area contributed by atoms with E-state index in [1.807, 2.05) is 36.4 Å². The lowest BCUT2D eigenvalue weighted by Crippen LogP contribution is -2.26. The fourth-order valence-electron chi connectivity index (χ4n) is 5.46. The highest BCUT2D eigenvalue weighted by molar-refractivity contribution is 5.91. The van der Waals surface area contributed by atoms with Crippen molar-refractivity contribution in [3.8, 4) is 5.75 Å². The number of fused-ring (bicyclic) bond motifs is 1. The van der Waals surface area contributed by atoms with Crippen LogP contribution >= 0.6 is 0 Å². The zero-order chi connectivity index (χ0) is 28.3. The molecule has 210 valence electrons. The predicted octanol–water partition coefficient (Wildman–Crippen LogP) is 5.67. The first-order chi connectivity index (χ1) is 19.2. The molecule has 2 aliphatic carbocycles. The van der Waals surface area contributed by atoms with Gasteiger partial charge in [-0.05, 0) is 42.2 Å². The molecule has 40 heavy (non-hydrogen) atoms. The fourth-order valence-corrected chi connectivity index (χ4v) is 5.46. The molecule has 1 saturated heterocycles. The molecule has 5 atom stereocenters. The Morgan fingerprint density at radius 3 is 2.62 bits per heavy atom. The summed E-state index contributed by atoms with van der Waals surface area (Å²) in [6.07, 6.45) is 2.06. The number of aliphatic hydroxyl groups is 1. The molecule has 2 fully saturated rings. The van der Waals surface area contributed by atoms with E-state index in [2.05, 4.69) is 0 Å². The Labute approximate surface area is 229 Å². The zero-order valence-corrected chi connectivity index (χ0v) is 21.6. The molecule has 9 heteroatoms. The molecule has 1 saturated carbocycles. The van der Waals surface area contributed by atoms with E-state index in [1.54, 1.807) is 12.2 Å². The van der Waals surface area contributed by atoms with Crippen LogP contribution in [0, 0.1) is 11.8 Å². The molecule has 0 spiro atoms. The number of esters is 2. The van der Waals surface area contributed by atoms with Crippen LogP contribution in [-0.4, -0.2) is 42.0 Å². The van der Waals surface area contributed by atoms with Crippen LogP contribution < -0.4 is 4.74 Å². The molecule has 0 unspecified atom stereocenters. The van der Waals surface area contributed by atoms with Crippen LogP contribution in [0.25, 0.3) is 5.57 Å². The van der Waals surface area contributed by atoms with Crippen LogP contribution in [0.5, 0.6) is 5.75 Å². The molecule has 1 aliphatic heterocycles. The number of halogens is 3. The molecular formula is C31H29F3O6. The second-order valence-corrected chi connectivity index (χ2v) is 10.2. The van der Waals surface area contributed by atoms with Crippen molar-refractivity contribution in [1.29, 1.82) is 0 Å². The Kier molecular flexibility index (Phi) is 8.12. The van der Waals surface area contributed by atoms with E-state index in [9.17, 15) is 27.9 Å². The van der Waals surface area contributed by atoms with Crippen molar-refractivity contribution < 1.29 is 42.1 Å². The minimum Gasteiger partial charge on any atom is -0.491 e. The summed E-state index contributed by atoms with van der Waals surface area (Å²) in [4.78, 5) is 24.9. The maximum absolute atomic E-state index is 13.0. The van der Waals surface area contributed by atoms with Crippen molar-refractivity contribution in [2.45, 2.75) is 50.2 Å². The third-order valence-corrected chi connectivity index (χ3v) is 7.50. The van der Waals surface area contributed by atoms with E-state index in [4.69, 9.17) is 14.2 Å². The molecule has 0 amide bonds. The Bertz CT molecular complexity index is 1330. The van der Waals surface area contributed by atoms with Gasteiger partial charge in [-0.3, -0.25) is 4.79 Å². The maximum Gasteiger partial charge on any atom is 0.416 e. The summed E-state index contributed by atoms with van der Waals surface area (Å²) < 4.78 is 55.5. The summed E-state index contributed by atoms with van der Waals surface area (Å²) >= 11 is 0. The highest BCUT2D eigenvalue weighted by Gasteiger charge is 2.50. The number of benzene rings is 2. The van der Waals surface area contributed by atoms with Gasteiger partial charge in [-0.25, -0.2) is 4.79 Å². The SMILES string of the molecule is O=C1C[C@@H]2[C@@H](/C=C/[C@@H](O)COc3cccc(C(F)(F)F)c3)[C@H](OC(=O)C3=CC=C(c4ccccc4)CC3)C[C@@H]2O1. The highest BCUT2D eigenvalue weighted by atomic mass is 19.4. The minimum absolute atomic E-state index is 0.0185. The van der Waals surface area contributed by atoms with E-state index < -0.39 is 29.9 Å². The van der Waals surface area contributed by atoms with Gasteiger partial charge in [0.1, 0.15) is 30.7 Å². The van der Waals surface area contributed by atoms with Gasteiger partial charge in [0.05, 0.1) is 12.0 Å². The number of hydrogen-bond acceptors (Lipinski definition) is 6. The monoisotopic (exact) mass is 554 g/mol. The van der Waals surface area contributed by atoms with E-state index in [1.165, 1.54) is 18.2 Å². The lowest BCUT2D eigenvalue weighted by atomic mass is 9.91. The van der Waals surface area contributed by atoms with Gasteiger partial charge in [-0.1, -0.05) is 60.7 Å². The molecule has 1 N–H and O–H groups in total. The van der Waals surface area contributed by atoms with Crippen LogP contribution in [0.3, 0.4) is 0 Å². The maximum atomic E-state index is 13.0. The zero-order valence-electron chi connectivity index (χ0n) is 21.6. The van der Waals surface area contributed by atoms with Crippen molar-refractivity contribution >= 4 is 17.5 Å². The normalized spacial score (nSPS) is 25.1. The summed E-state index contributed by atoms with van der Waals surface area (Å²) in [5.74, 6) is -1.34. The number of rotatable bonds is 8. The Morgan fingerprint density at radius 2 is 1.90 bits per heavy atom. The van der Waals surface area contributed by atoms with Crippen molar-refractivity contribution in [2.24, 2.45) is 11.8 Å². The second kappa shape index (κ2) is 11.7. The molecule has 1 heterocycles. The average molecular weight is 555 g/mol. The average Bonchev–Trinajstić information content (AvgIpc) is 3.46. The molecule has 2 aromatic carbocycles. The third kappa shape index (κ3) is 6.47. The van der Waals surface area contributed by atoms with Crippen molar-refractivity contribution in [2.75, 3.05) is 6.61 Å². The van der Waals surface area contributed by atoms with E-state index >= 15 is 0 Å². The van der Waals surface area contributed by atoms with Crippen LogP contribution in [0.2, 0.25) is 0 Å². The lowest BCUT2D eigenvalue weighted by Gasteiger charge is -2.22. The van der Waals surface area contributed by atoms with Gasteiger partial charge >= 0.3 is 18.1 Å². The lowest BCUT2D eigenvalue weighted by molar-refractivity contribution is -0.147. The Balaban J connectivity index is 1.22. The molecule has 2 aromatic rings. The summed E-state index contributed by atoms with van der Waals surface area (Å²) in [6, 6.07) is 14.4. The van der Waals surface area contributed by atoms with Gasteiger partial charge in [-0.15, -0.1) is 0 Å². The second-order valence-electron chi connectivity index (χ2n) is 10.2. The molecule has 3 aliphatic rings. The number of carbonyl (C=O) groups excluding carboxylic acids is 2. The molecule has 0 bridgehead atoms. The summed E-state index contributed by atoms with van der Waals surface area (Å²) in [6.45, 7) is -0.276. The number of hydrogen-bond donors (Lipinski definition) is 1. The number of aliphatic hydroxyl groups excluding tert-OH is 1. The van der Waals surface area contributed by atoms with E-state index in [0.29, 0.717) is 24.8 Å². The van der Waals surface area contributed by atoms with Gasteiger partial charge in [0.25, 0.3) is 0 Å². The largest absolute Gasteiger partial charge is 0.491 e. The van der Waals surface area contributed by atoms with Crippen LogP contribution in [0.1, 0.15) is 36.8 Å².